The molecule has 2 aromatic heterocycles. The standard InChI is InChI=1S/C18H24N6O5/c1-20-18-21-9-6-8-11(22-17(19)24-15(8)26)7(12(9)23-18)4-5-10-14(27-2)13(25)16(28-3)29-10/h6,10,13-14,16,25H,4-5H2,1-3H3,(H2,20,21,23)(H3,19,22,24,26)/p+1/t10-,13-,14-,16-/m1/s1. The second-order valence-corrected chi connectivity index (χ2v) is 7.01. The fourth-order valence-electron chi connectivity index (χ4n) is 3.97. The minimum atomic E-state index is -0.881. The van der Waals surface area contributed by atoms with E-state index in [0.29, 0.717) is 29.7 Å². The Morgan fingerprint density at radius 3 is 2.86 bits per heavy atom. The SMILES string of the molecule is CNc1[nH]c2cc3c(=O)[nH]c(N)nc3c(CC[C@H]3O[C@@H](OC)[C@H](O)[C@@H]3OC)c2[nH+]1. The molecule has 156 valence electrons. The topological polar surface area (TPSA) is 162 Å². The third kappa shape index (κ3) is 3.31. The van der Waals surface area contributed by atoms with Crippen LogP contribution in [0, 0.1) is 0 Å². The summed E-state index contributed by atoms with van der Waals surface area (Å²) in [6.45, 7) is 0. The number of hydrogen-bond acceptors (Lipinski definition) is 8. The quantitative estimate of drug-likeness (QED) is 0.367. The molecule has 0 amide bonds. The highest BCUT2D eigenvalue weighted by Crippen LogP contribution is 2.30. The van der Waals surface area contributed by atoms with Gasteiger partial charge in [0.25, 0.3) is 5.56 Å². The van der Waals surface area contributed by atoms with E-state index in [1.165, 1.54) is 14.2 Å². The highest BCUT2D eigenvalue weighted by Gasteiger charge is 2.44. The van der Waals surface area contributed by atoms with Crippen LogP contribution in [0.3, 0.4) is 0 Å². The first-order valence-electron chi connectivity index (χ1n) is 9.30. The molecule has 0 unspecified atom stereocenters. The molecule has 7 N–H and O–H groups in total. The first-order valence-corrected chi connectivity index (χ1v) is 9.30. The molecular weight excluding hydrogens is 380 g/mol. The zero-order chi connectivity index (χ0) is 20.7. The number of nitrogens with two attached hydrogens (primary N) is 1. The third-order valence-electron chi connectivity index (χ3n) is 5.35. The third-order valence-corrected chi connectivity index (χ3v) is 5.35. The predicted molar refractivity (Wildman–Crippen MR) is 106 cm³/mol. The maximum absolute atomic E-state index is 12.4. The summed E-state index contributed by atoms with van der Waals surface area (Å²) in [5.74, 6) is 0.747. The summed E-state index contributed by atoms with van der Waals surface area (Å²) in [5, 5.41) is 13.8. The molecule has 1 aromatic carbocycles. The molecule has 3 heterocycles. The van der Waals surface area contributed by atoms with Crippen LogP contribution >= 0.6 is 0 Å². The van der Waals surface area contributed by atoms with Gasteiger partial charge < -0.3 is 25.1 Å². The van der Waals surface area contributed by atoms with Gasteiger partial charge in [0.05, 0.1) is 24.1 Å². The summed E-state index contributed by atoms with van der Waals surface area (Å²) >= 11 is 0. The van der Waals surface area contributed by atoms with E-state index in [-0.39, 0.29) is 17.6 Å². The maximum Gasteiger partial charge on any atom is 0.353 e. The normalized spacial score (nSPS) is 24.6. The smallest absolute Gasteiger partial charge is 0.353 e. The molecule has 4 atom stereocenters. The molecule has 1 aliphatic heterocycles. The molecule has 4 rings (SSSR count). The van der Waals surface area contributed by atoms with Crippen LogP contribution in [0.25, 0.3) is 21.9 Å². The number of anilines is 2. The zero-order valence-electron chi connectivity index (χ0n) is 16.4. The summed E-state index contributed by atoms with van der Waals surface area (Å²) in [7, 11) is 4.79. The van der Waals surface area contributed by atoms with E-state index in [0.717, 1.165) is 16.6 Å². The van der Waals surface area contributed by atoms with Gasteiger partial charge in [0.1, 0.15) is 23.2 Å². The maximum atomic E-state index is 12.4. The van der Waals surface area contributed by atoms with E-state index >= 15 is 0 Å². The van der Waals surface area contributed by atoms with Crippen molar-refractivity contribution < 1.29 is 24.3 Å². The number of rotatable bonds is 6. The number of aliphatic hydroxyl groups is 1. The van der Waals surface area contributed by atoms with E-state index < -0.39 is 18.5 Å². The lowest BCUT2D eigenvalue weighted by atomic mass is 9.99. The number of H-pyrrole nitrogens is 3. The Hall–Kier alpha value is -2.73. The highest BCUT2D eigenvalue weighted by atomic mass is 16.7. The Kier molecular flexibility index (Phi) is 5.13. The fraction of sp³-hybridized carbons (Fsp3) is 0.500. The number of hydrogen-bond donors (Lipinski definition) is 5. The van der Waals surface area contributed by atoms with Crippen LogP contribution in [0.2, 0.25) is 0 Å². The van der Waals surface area contributed by atoms with Gasteiger partial charge in [-0.3, -0.25) is 15.1 Å². The van der Waals surface area contributed by atoms with Crippen LogP contribution in [0.1, 0.15) is 12.0 Å². The van der Waals surface area contributed by atoms with Crippen molar-refractivity contribution in [2.45, 2.75) is 37.4 Å². The largest absolute Gasteiger partial charge is 0.385 e. The van der Waals surface area contributed by atoms with E-state index in [9.17, 15) is 9.90 Å². The molecular formula is C18H25N6O5+. The second kappa shape index (κ2) is 7.59. The molecule has 0 aliphatic carbocycles. The van der Waals surface area contributed by atoms with Crippen molar-refractivity contribution in [3.05, 3.63) is 22.0 Å². The van der Waals surface area contributed by atoms with Gasteiger partial charge in [0, 0.05) is 19.8 Å². The molecule has 0 radical (unpaired) electrons. The number of ether oxygens (including phenoxy) is 3. The average Bonchev–Trinajstić information content (AvgIpc) is 3.25. The minimum absolute atomic E-state index is 0.0502. The number of imidazole rings is 1. The first-order chi connectivity index (χ1) is 14.0. The van der Waals surface area contributed by atoms with Crippen molar-refractivity contribution in [1.82, 2.24) is 15.0 Å². The van der Waals surface area contributed by atoms with Crippen molar-refractivity contribution in [3.8, 4) is 0 Å². The molecule has 0 bridgehead atoms. The number of nitrogen functional groups attached to an aromatic ring is 1. The molecule has 29 heavy (non-hydrogen) atoms. The molecule has 1 aliphatic rings. The number of benzene rings is 1. The van der Waals surface area contributed by atoms with E-state index in [2.05, 4.69) is 25.3 Å². The van der Waals surface area contributed by atoms with Crippen LogP contribution in [-0.2, 0) is 20.6 Å². The number of aromatic nitrogens is 4. The lowest BCUT2D eigenvalue weighted by molar-refractivity contribution is -0.327. The summed E-state index contributed by atoms with van der Waals surface area (Å²) in [5.41, 5.74) is 8.41. The second-order valence-electron chi connectivity index (χ2n) is 7.01. The first kappa shape index (κ1) is 19.6. The highest BCUT2D eigenvalue weighted by molar-refractivity contribution is 5.96. The number of aryl methyl sites for hydroxylation is 1. The molecule has 1 fully saturated rings. The van der Waals surface area contributed by atoms with Crippen molar-refractivity contribution in [3.63, 3.8) is 0 Å². The van der Waals surface area contributed by atoms with Crippen LogP contribution in [-0.4, -0.2) is 65.9 Å². The van der Waals surface area contributed by atoms with Crippen molar-refractivity contribution in [1.29, 1.82) is 0 Å². The van der Waals surface area contributed by atoms with Gasteiger partial charge in [-0.2, -0.15) is 0 Å². The van der Waals surface area contributed by atoms with E-state index in [4.69, 9.17) is 19.9 Å². The van der Waals surface area contributed by atoms with Gasteiger partial charge in [-0.1, -0.05) is 0 Å². The van der Waals surface area contributed by atoms with Crippen molar-refractivity contribution >= 4 is 33.8 Å². The molecule has 11 nitrogen and oxygen atoms in total. The summed E-state index contributed by atoms with van der Waals surface area (Å²) < 4.78 is 16.4. The van der Waals surface area contributed by atoms with Gasteiger partial charge in [0.15, 0.2) is 6.29 Å². The van der Waals surface area contributed by atoms with Crippen LogP contribution in [0.15, 0.2) is 10.9 Å². The Morgan fingerprint density at radius 2 is 2.17 bits per heavy atom. The van der Waals surface area contributed by atoms with Gasteiger partial charge in [0.2, 0.25) is 5.95 Å². The average molecular weight is 405 g/mol. The van der Waals surface area contributed by atoms with Gasteiger partial charge in [-0.05, 0) is 18.9 Å². The van der Waals surface area contributed by atoms with E-state index in [1.807, 2.05) is 0 Å². The Labute approximate surface area is 165 Å². The number of nitrogens with zero attached hydrogens (tertiary/aromatic N) is 1. The van der Waals surface area contributed by atoms with Crippen LogP contribution in [0.4, 0.5) is 11.9 Å². The fourth-order valence-corrected chi connectivity index (χ4v) is 3.97. The molecule has 1 saturated heterocycles. The number of fused-ring (bicyclic) bond motifs is 2. The molecule has 0 spiro atoms. The number of methoxy groups -OCH3 is 2. The Morgan fingerprint density at radius 1 is 1.38 bits per heavy atom. The molecule has 11 heteroatoms. The summed E-state index contributed by atoms with van der Waals surface area (Å²) in [6, 6.07) is 1.74. The van der Waals surface area contributed by atoms with Crippen molar-refractivity contribution in [2.75, 3.05) is 32.3 Å². The van der Waals surface area contributed by atoms with Crippen molar-refractivity contribution in [2.24, 2.45) is 0 Å². The minimum Gasteiger partial charge on any atom is -0.385 e. The lowest BCUT2D eigenvalue weighted by Crippen LogP contribution is -2.35. The number of aromatic amines is 3. The summed E-state index contributed by atoms with van der Waals surface area (Å²) in [4.78, 5) is 25.8. The van der Waals surface area contributed by atoms with Crippen LogP contribution < -0.4 is 21.6 Å². The Bertz CT molecular complexity index is 1100. The summed E-state index contributed by atoms with van der Waals surface area (Å²) in [6.07, 6.45) is -1.50. The number of aliphatic hydroxyl groups excluding tert-OH is 1. The molecule has 3 aromatic rings. The van der Waals surface area contributed by atoms with Gasteiger partial charge in [-0.15, -0.1) is 0 Å². The Balaban J connectivity index is 1.77. The monoisotopic (exact) mass is 405 g/mol. The van der Waals surface area contributed by atoms with Gasteiger partial charge >= 0.3 is 5.95 Å². The van der Waals surface area contributed by atoms with Gasteiger partial charge in [-0.25, -0.2) is 15.0 Å². The zero-order valence-corrected chi connectivity index (χ0v) is 16.4. The molecule has 0 saturated carbocycles. The number of nitrogens with one attached hydrogen (secondary N) is 4. The lowest BCUT2D eigenvalue weighted by Gasteiger charge is -2.18. The van der Waals surface area contributed by atoms with E-state index in [1.54, 1.807) is 13.1 Å². The van der Waals surface area contributed by atoms with Crippen LogP contribution in [0.5, 0.6) is 0 Å². The predicted octanol–water partition coefficient (Wildman–Crippen LogP) is -0.478.